The molecule has 0 fully saturated rings. The van der Waals surface area contributed by atoms with E-state index in [0.29, 0.717) is 26.2 Å². The Kier molecular flexibility index (Phi) is 8.49. The number of carbonyl (C=O) groups is 2. The SMILES string of the molecule is CCCN(CC(=O)N(Cc1ccccc1)Cc1ccc(C)o1)C(=O)NCc1ccccc1. The number of nitrogens with one attached hydrogen (secondary N) is 1. The van der Waals surface area contributed by atoms with Gasteiger partial charge < -0.3 is 19.5 Å². The molecule has 0 atom stereocenters. The Labute approximate surface area is 189 Å². The van der Waals surface area contributed by atoms with Crippen molar-refractivity contribution in [2.24, 2.45) is 0 Å². The molecule has 1 aromatic heterocycles. The van der Waals surface area contributed by atoms with Crippen molar-refractivity contribution in [2.75, 3.05) is 13.1 Å². The lowest BCUT2D eigenvalue weighted by molar-refractivity contribution is -0.133. The van der Waals surface area contributed by atoms with Gasteiger partial charge in [-0.05, 0) is 36.6 Å². The van der Waals surface area contributed by atoms with Gasteiger partial charge in [0.25, 0.3) is 0 Å². The fourth-order valence-corrected chi connectivity index (χ4v) is 3.47. The molecule has 6 nitrogen and oxygen atoms in total. The summed E-state index contributed by atoms with van der Waals surface area (Å²) in [6.45, 7) is 5.63. The molecule has 32 heavy (non-hydrogen) atoms. The zero-order valence-corrected chi connectivity index (χ0v) is 18.8. The number of urea groups is 1. The molecule has 3 amide bonds. The van der Waals surface area contributed by atoms with Crippen molar-refractivity contribution in [1.29, 1.82) is 0 Å². The number of hydrogen-bond acceptors (Lipinski definition) is 3. The number of amides is 3. The van der Waals surface area contributed by atoms with Crippen LogP contribution in [-0.2, 0) is 24.4 Å². The maximum absolute atomic E-state index is 13.3. The summed E-state index contributed by atoms with van der Waals surface area (Å²) in [4.78, 5) is 29.4. The number of benzene rings is 2. The van der Waals surface area contributed by atoms with Crippen LogP contribution >= 0.6 is 0 Å². The van der Waals surface area contributed by atoms with Crippen LogP contribution in [0.15, 0.2) is 77.2 Å². The van der Waals surface area contributed by atoms with E-state index in [2.05, 4.69) is 5.32 Å². The zero-order chi connectivity index (χ0) is 22.8. The van der Waals surface area contributed by atoms with E-state index in [-0.39, 0.29) is 18.5 Å². The minimum atomic E-state index is -0.238. The van der Waals surface area contributed by atoms with Gasteiger partial charge in [-0.2, -0.15) is 0 Å². The highest BCUT2D eigenvalue weighted by Crippen LogP contribution is 2.14. The van der Waals surface area contributed by atoms with Gasteiger partial charge in [-0.15, -0.1) is 0 Å². The molecule has 0 saturated heterocycles. The second-order valence-corrected chi connectivity index (χ2v) is 7.81. The van der Waals surface area contributed by atoms with Crippen LogP contribution in [0, 0.1) is 6.92 Å². The highest BCUT2D eigenvalue weighted by atomic mass is 16.3. The summed E-state index contributed by atoms with van der Waals surface area (Å²) in [5.41, 5.74) is 2.04. The van der Waals surface area contributed by atoms with E-state index in [1.165, 1.54) is 0 Å². The molecule has 2 aromatic carbocycles. The van der Waals surface area contributed by atoms with Crippen molar-refractivity contribution in [3.63, 3.8) is 0 Å². The molecule has 0 spiro atoms. The zero-order valence-electron chi connectivity index (χ0n) is 18.8. The van der Waals surface area contributed by atoms with E-state index in [1.54, 1.807) is 9.80 Å². The molecule has 3 aromatic rings. The quantitative estimate of drug-likeness (QED) is 0.502. The molecule has 0 unspecified atom stereocenters. The average molecular weight is 434 g/mol. The minimum absolute atomic E-state index is 0.0149. The second-order valence-electron chi connectivity index (χ2n) is 7.81. The topological polar surface area (TPSA) is 65.8 Å². The Morgan fingerprint density at radius 3 is 2.09 bits per heavy atom. The molecule has 168 valence electrons. The Bertz CT molecular complexity index is 986. The van der Waals surface area contributed by atoms with Crippen LogP contribution in [0.3, 0.4) is 0 Å². The van der Waals surface area contributed by atoms with Crippen LogP contribution in [0.1, 0.15) is 36.0 Å². The molecular weight excluding hydrogens is 402 g/mol. The maximum atomic E-state index is 13.3. The maximum Gasteiger partial charge on any atom is 0.318 e. The summed E-state index contributed by atoms with van der Waals surface area (Å²) in [5, 5.41) is 2.93. The Morgan fingerprint density at radius 1 is 0.844 bits per heavy atom. The van der Waals surface area contributed by atoms with Gasteiger partial charge in [0.2, 0.25) is 5.91 Å². The number of carbonyl (C=O) groups excluding carboxylic acids is 2. The van der Waals surface area contributed by atoms with Crippen molar-refractivity contribution in [3.05, 3.63) is 95.4 Å². The summed E-state index contributed by atoms with van der Waals surface area (Å²) in [7, 11) is 0. The lowest BCUT2D eigenvalue weighted by atomic mass is 10.2. The minimum Gasteiger partial charge on any atom is -0.464 e. The molecule has 0 saturated carbocycles. The number of nitrogens with zero attached hydrogens (tertiary/aromatic N) is 2. The first-order valence-electron chi connectivity index (χ1n) is 11.0. The van der Waals surface area contributed by atoms with Gasteiger partial charge in [0, 0.05) is 19.6 Å². The first-order chi connectivity index (χ1) is 15.5. The van der Waals surface area contributed by atoms with Crippen LogP contribution in [0.5, 0.6) is 0 Å². The van der Waals surface area contributed by atoms with Crippen LogP contribution < -0.4 is 5.32 Å². The fraction of sp³-hybridized carbons (Fsp3) is 0.308. The number of furan rings is 1. The van der Waals surface area contributed by atoms with Crippen LogP contribution in [-0.4, -0.2) is 34.8 Å². The summed E-state index contributed by atoms with van der Waals surface area (Å²) >= 11 is 0. The normalized spacial score (nSPS) is 10.6. The smallest absolute Gasteiger partial charge is 0.318 e. The standard InChI is InChI=1S/C26H31N3O3/c1-3-16-28(26(31)27-17-22-10-6-4-7-11-22)20-25(30)29(18-23-12-8-5-9-13-23)19-24-15-14-21(2)32-24/h4-15H,3,16-20H2,1-2H3,(H,27,31). The highest BCUT2D eigenvalue weighted by Gasteiger charge is 2.22. The molecule has 6 heteroatoms. The summed E-state index contributed by atoms with van der Waals surface area (Å²) in [5.74, 6) is 1.41. The highest BCUT2D eigenvalue weighted by molar-refractivity contribution is 5.84. The van der Waals surface area contributed by atoms with Crippen LogP contribution in [0.2, 0.25) is 0 Å². The van der Waals surface area contributed by atoms with Crippen molar-refractivity contribution in [1.82, 2.24) is 15.1 Å². The molecule has 0 aliphatic heterocycles. The molecular formula is C26H31N3O3. The first-order valence-corrected chi connectivity index (χ1v) is 11.0. The van der Waals surface area contributed by atoms with Gasteiger partial charge in [-0.25, -0.2) is 4.79 Å². The Morgan fingerprint density at radius 2 is 1.50 bits per heavy atom. The van der Waals surface area contributed by atoms with E-state index in [1.807, 2.05) is 86.6 Å². The van der Waals surface area contributed by atoms with Gasteiger partial charge in [-0.1, -0.05) is 67.6 Å². The molecule has 1 N–H and O–H groups in total. The number of aryl methyl sites for hydroxylation is 1. The molecule has 0 aliphatic carbocycles. The summed E-state index contributed by atoms with van der Waals surface area (Å²) < 4.78 is 5.70. The van der Waals surface area contributed by atoms with E-state index in [4.69, 9.17) is 4.42 Å². The second kappa shape index (κ2) is 11.7. The molecule has 0 aliphatic rings. The van der Waals surface area contributed by atoms with E-state index >= 15 is 0 Å². The van der Waals surface area contributed by atoms with Crippen molar-refractivity contribution >= 4 is 11.9 Å². The van der Waals surface area contributed by atoms with Crippen molar-refractivity contribution in [2.45, 2.75) is 39.9 Å². The van der Waals surface area contributed by atoms with E-state index in [0.717, 1.165) is 29.1 Å². The van der Waals surface area contributed by atoms with Gasteiger partial charge in [-0.3, -0.25) is 4.79 Å². The molecule has 1 heterocycles. The van der Waals surface area contributed by atoms with Crippen LogP contribution in [0.4, 0.5) is 4.79 Å². The number of rotatable bonds is 10. The van der Waals surface area contributed by atoms with Gasteiger partial charge in [0.1, 0.15) is 18.1 Å². The third-order valence-corrected chi connectivity index (χ3v) is 5.11. The molecule has 3 rings (SSSR count). The molecule has 0 radical (unpaired) electrons. The van der Waals surface area contributed by atoms with E-state index < -0.39 is 0 Å². The Balaban J connectivity index is 1.68. The third-order valence-electron chi connectivity index (χ3n) is 5.11. The predicted molar refractivity (Wildman–Crippen MR) is 125 cm³/mol. The van der Waals surface area contributed by atoms with Gasteiger partial charge in [0.15, 0.2) is 0 Å². The lowest BCUT2D eigenvalue weighted by Crippen LogP contribution is -2.46. The van der Waals surface area contributed by atoms with Crippen molar-refractivity contribution in [3.8, 4) is 0 Å². The largest absolute Gasteiger partial charge is 0.464 e. The first kappa shape index (κ1) is 23.1. The monoisotopic (exact) mass is 433 g/mol. The average Bonchev–Trinajstić information content (AvgIpc) is 3.22. The van der Waals surface area contributed by atoms with Gasteiger partial charge >= 0.3 is 6.03 Å². The summed E-state index contributed by atoms with van der Waals surface area (Å²) in [6.07, 6.45) is 0.766. The van der Waals surface area contributed by atoms with Crippen molar-refractivity contribution < 1.29 is 14.0 Å². The predicted octanol–water partition coefficient (Wildman–Crippen LogP) is 4.74. The Hall–Kier alpha value is -3.54. The lowest BCUT2D eigenvalue weighted by Gasteiger charge is -2.27. The molecule has 0 bridgehead atoms. The van der Waals surface area contributed by atoms with Gasteiger partial charge in [0.05, 0.1) is 6.54 Å². The fourth-order valence-electron chi connectivity index (χ4n) is 3.47. The number of hydrogen-bond donors (Lipinski definition) is 1. The summed E-state index contributed by atoms with van der Waals surface area (Å²) in [6, 6.07) is 23.1. The third kappa shape index (κ3) is 7.01. The van der Waals surface area contributed by atoms with E-state index in [9.17, 15) is 9.59 Å². The van der Waals surface area contributed by atoms with Crippen LogP contribution in [0.25, 0.3) is 0 Å².